The summed E-state index contributed by atoms with van der Waals surface area (Å²) < 4.78 is 0. The summed E-state index contributed by atoms with van der Waals surface area (Å²) in [4.78, 5) is 0. The van der Waals surface area contributed by atoms with Crippen molar-refractivity contribution in [2.45, 2.75) is 52.5 Å². The van der Waals surface area contributed by atoms with Crippen molar-refractivity contribution >= 4 is 0 Å². The standard InChI is InChI=1S/C15H25N/c1-4-5-13-7-9-14(10-8-13)15(16)11-6-12(2)3/h7-10,12,15H,4-6,11,16H2,1-3H3. The Morgan fingerprint density at radius 1 is 1.06 bits per heavy atom. The van der Waals surface area contributed by atoms with E-state index in [4.69, 9.17) is 5.73 Å². The predicted molar refractivity (Wildman–Crippen MR) is 71.4 cm³/mol. The van der Waals surface area contributed by atoms with Crippen LogP contribution in [0.15, 0.2) is 24.3 Å². The van der Waals surface area contributed by atoms with Crippen molar-refractivity contribution in [2.24, 2.45) is 11.7 Å². The minimum Gasteiger partial charge on any atom is -0.324 e. The van der Waals surface area contributed by atoms with Crippen molar-refractivity contribution in [3.05, 3.63) is 35.4 Å². The molecule has 0 saturated carbocycles. The molecule has 0 aliphatic heterocycles. The zero-order chi connectivity index (χ0) is 12.0. The average Bonchev–Trinajstić information content (AvgIpc) is 2.27. The Bertz CT molecular complexity index is 287. The Balaban J connectivity index is 2.52. The van der Waals surface area contributed by atoms with Gasteiger partial charge in [0.2, 0.25) is 0 Å². The topological polar surface area (TPSA) is 26.0 Å². The maximum absolute atomic E-state index is 6.17. The van der Waals surface area contributed by atoms with Crippen molar-refractivity contribution in [2.75, 3.05) is 0 Å². The van der Waals surface area contributed by atoms with Crippen LogP contribution in [0, 0.1) is 5.92 Å². The summed E-state index contributed by atoms with van der Waals surface area (Å²) in [7, 11) is 0. The lowest BCUT2D eigenvalue weighted by atomic mass is 9.97. The van der Waals surface area contributed by atoms with Gasteiger partial charge in [-0.2, -0.15) is 0 Å². The summed E-state index contributed by atoms with van der Waals surface area (Å²) in [5.74, 6) is 0.741. The molecular weight excluding hydrogens is 194 g/mol. The molecule has 0 radical (unpaired) electrons. The van der Waals surface area contributed by atoms with Crippen molar-refractivity contribution in [3.63, 3.8) is 0 Å². The largest absolute Gasteiger partial charge is 0.324 e. The first-order valence-corrected chi connectivity index (χ1v) is 6.48. The summed E-state index contributed by atoms with van der Waals surface area (Å²) >= 11 is 0. The third-order valence-corrected chi connectivity index (χ3v) is 3.00. The molecule has 1 aromatic rings. The molecular formula is C15H25N. The maximum atomic E-state index is 6.17. The van der Waals surface area contributed by atoms with Crippen molar-refractivity contribution in [1.29, 1.82) is 0 Å². The molecule has 1 unspecified atom stereocenters. The molecule has 1 heteroatoms. The van der Waals surface area contributed by atoms with Crippen LogP contribution in [0.2, 0.25) is 0 Å². The van der Waals surface area contributed by atoms with Gasteiger partial charge in [0, 0.05) is 6.04 Å². The predicted octanol–water partition coefficient (Wildman–Crippen LogP) is 4.08. The van der Waals surface area contributed by atoms with Gasteiger partial charge in [-0.15, -0.1) is 0 Å². The van der Waals surface area contributed by atoms with Crippen LogP contribution in [-0.4, -0.2) is 0 Å². The molecule has 1 aromatic carbocycles. The van der Waals surface area contributed by atoms with Gasteiger partial charge in [0.15, 0.2) is 0 Å². The molecule has 2 N–H and O–H groups in total. The summed E-state index contributed by atoms with van der Waals surface area (Å²) in [6, 6.07) is 9.02. The molecule has 0 saturated heterocycles. The van der Waals surface area contributed by atoms with Gasteiger partial charge in [0.25, 0.3) is 0 Å². The van der Waals surface area contributed by atoms with E-state index in [0.29, 0.717) is 0 Å². The second-order valence-electron chi connectivity index (χ2n) is 5.07. The molecule has 1 atom stereocenters. The molecule has 0 fully saturated rings. The van der Waals surface area contributed by atoms with Crippen molar-refractivity contribution < 1.29 is 0 Å². The molecule has 0 bridgehead atoms. The molecule has 1 rings (SSSR count). The lowest BCUT2D eigenvalue weighted by Crippen LogP contribution is -2.11. The van der Waals surface area contributed by atoms with Crippen LogP contribution in [0.5, 0.6) is 0 Å². The molecule has 0 aromatic heterocycles. The van der Waals surface area contributed by atoms with Gasteiger partial charge in [-0.1, -0.05) is 51.5 Å². The third-order valence-electron chi connectivity index (χ3n) is 3.00. The van der Waals surface area contributed by atoms with Crippen LogP contribution in [0.4, 0.5) is 0 Å². The summed E-state index contributed by atoms with van der Waals surface area (Å²) in [6.45, 7) is 6.70. The molecule has 90 valence electrons. The molecule has 0 spiro atoms. The first kappa shape index (κ1) is 13.2. The Morgan fingerprint density at radius 3 is 2.19 bits per heavy atom. The molecule has 16 heavy (non-hydrogen) atoms. The van der Waals surface area contributed by atoms with E-state index in [9.17, 15) is 0 Å². The zero-order valence-electron chi connectivity index (χ0n) is 10.9. The van der Waals surface area contributed by atoms with Crippen LogP contribution in [0.3, 0.4) is 0 Å². The summed E-state index contributed by atoms with van der Waals surface area (Å²) in [5.41, 5.74) is 8.86. The molecule has 0 heterocycles. The van der Waals surface area contributed by atoms with E-state index in [0.717, 1.165) is 12.3 Å². The zero-order valence-corrected chi connectivity index (χ0v) is 10.9. The molecule has 0 aliphatic rings. The second-order valence-corrected chi connectivity index (χ2v) is 5.07. The number of hydrogen-bond donors (Lipinski definition) is 1. The van der Waals surface area contributed by atoms with Crippen LogP contribution in [0.25, 0.3) is 0 Å². The first-order chi connectivity index (χ1) is 7.63. The van der Waals surface area contributed by atoms with E-state index in [1.54, 1.807) is 0 Å². The van der Waals surface area contributed by atoms with Crippen LogP contribution < -0.4 is 5.73 Å². The summed E-state index contributed by atoms with van der Waals surface area (Å²) in [5, 5.41) is 0. The minimum absolute atomic E-state index is 0.207. The lowest BCUT2D eigenvalue weighted by Gasteiger charge is -2.14. The maximum Gasteiger partial charge on any atom is 0.0294 e. The monoisotopic (exact) mass is 219 g/mol. The molecule has 0 aliphatic carbocycles. The highest BCUT2D eigenvalue weighted by molar-refractivity contribution is 5.24. The Kier molecular flexibility index (Phi) is 5.54. The highest BCUT2D eigenvalue weighted by Crippen LogP contribution is 2.19. The van der Waals surface area contributed by atoms with Crippen molar-refractivity contribution in [1.82, 2.24) is 0 Å². The van der Waals surface area contributed by atoms with Gasteiger partial charge in [0.05, 0.1) is 0 Å². The average molecular weight is 219 g/mol. The van der Waals surface area contributed by atoms with Gasteiger partial charge < -0.3 is 5.73 Å². The Morgan fingerprint density at radius 2 is 1.69 bits per heavy atom. The fourth-order valence-electron chi connectivity index (χ4n) is 1.90. The van der Waals surface area contributed by atoms with Gasteiger partial charge >= 0.3 is 0 Å². The highest BCUT2D eigenvalue weighted by Gasteiger charge is 2.06. The molecule has 0 amide bonds. The number of nitrogens with two attached hydrogens (primary N) is 1. The van der Waals surface area contributed by atoms with Crippen LogP contribution >= 0.6 is 0 Å². The normalized spacial score (nSPS) is 13.1. The fourth-order valence-corrected chi connectivity index (χ4v) is 1.90. The highest BCUT2D eigenvalue weighted by atomic mass is 14.6. The number of benzene rings is 1. The van der Waals surface area contributed by atoms with Crippen LogP contribution in [0.1, 0.15) is 57.2 Å². The van der Waals surface area contributed by atoms with E-state index in [1.165, 1.54) is 30.4 Å². The number of aryl methyl sites for hydroxylation is 1. The van der Waals surface area contributed by atoms with Crippen molar-refractivity contribution in [3.8, 4) is 0 Å². The van der Waals surface area contributed by atoms with E-state index < -0.39 is 0 Å². The van der Waals surface area contributed by atoms with Crippen LogP contribution in [-0.2, 0) is 6.42 Å². The second kappa shape index (κ2) is 6.70. The van der Waals surface area contributed by atoms with Gasteiger partial charge in [-0.05, 0) is 36.3 Å². The minimum atomic E-state index is 0.207. The molecule has 1 nitrogen and oxygen atoms in total. The Hall–Kier alpha value is -0.820. The first-order valence-electron chi connectivity index (χ1n) is 6.48. The number of rotatable bonds is 6. The van der Waals surface area contributed by atoms with E-state index in [-0.39, 0.29) is 6.04 Å². The Labute approximate surface area is 100 Å². The van der Waals surface area contributed by atoms with Gasteiger partial charge in [0.1, 0.15) is 0 Å². The lowest BCUT2D eigenvalue weighted by molar-refractivity contribution is 0.507. The quantitative estimate of drug-likeness (QED) is 0.766. The fraction of sp³-hybridized carbons (Fsp3) is 0.600. The summed E-state index contributed by atoms with van der Waals surface area (Å²) in [6.07, 6.45) is 4.67. The third kappa shape index (κ3) is 4.36. The van der Waals surface area contributed by atoms with E-state index in [1.807, 2.05) is 0 Å². The van der Waals surface area contributed by atoms with E-state index >= 15 is 0 Å². The van der Waals surface area contributed by atoms with Gasteiger partial charge in [-0.3, -0.25) is 0 Å². The van der Waals surface area contributed by atoms with Gasteiger partial charge in [-0.25, -0.2) is 0 Å². The number of hydrogen-bond acceptors (Lipinski definition) is 1. The smallest absolute Gasteiger partial charge is 0.0294 e. The van der Waals surface area contributed by atoms with E-state index in [2.05, 4.69) is 45.0 Å². The SMILES string of the molecule is CCCc1ccc(C(N)CCC(C)C)cc1.